The number of aromatic nitrogens is 1. The smallest absolute Gasteiger partial charge is 0.246 e. The predicted molar refractivity (Wildman–Crippen MR) is 119 cm³/mol. The van der Waals surface area contributed by atoms with Gasteiger partial charge in [-0.2, -0.15) is 0 Å². The molecule has 1 aliphatic rings. The number of rotatable bonds is 8. The molecule has 0 radical (unpaired) electrons. The van der Waals surface area contributed by atoms with Crippen LogP contribution in [0.4, 0.5) is 0 Å². The summed E-state index contributed by atoms with van der Waals surface area (Å²) in [5.74, 6) is 0.600. The molecule has 1 amide bonds. The van der Waals surface area contributed by atoms with E-state index in [1.165, 1.54) is 0 Å². The topological polar surface area (TPSA) is 88.6 Å². The summed E-state index contributed by atoms with van der Waals surface area (Å²) in [6, 6.07) is 7.41. The van der Waals surface area contributed by atoms with E-state index in [4.69, 9.17) is 4.74 Å². The number of carbonyl (C=O) groups is 1. The van der Waals surface area contributed by atoms with Crippen molar-refractivity contribution in [2.75, 3.05) is 19.3 Å². The van der Waals surface area contributed by atoms with Gasteiger partial charge in [-0.15, -0.1) is 11.3 Å². The summed E-state index contributed by atoms with van der Waals surface area (Å²) in [6.45, 7) is 3.24. The van der Waals surface area contributed by atoms with Crippen molar-refractivity contribution < 1.29 is 17.9 Å². The predicted octanol–water partition coefficient (Wildman–Crippen LogP) is 2.97. The lowest BCUT2D eigenvalue weighted by Crippen LogP contribution is -2.48. The van der Waals surface area contributed by atoms with Crippen LogP contribution in [0.2, 0.25) is 0 Å². The number of hydrogen-bond acceptors (Lipinski definition) is 6. The number of amides is 1. The van der Waals surface area contributed by atoms with Crippen LogP contribution < -0.4 is 9.46 Å². The lowest BCUT2D eigenvalue weighted by Gasteiger charge is -2.35. The van der Waals surface area contributed by atoms with Gasteiger partial charge in [-0.1, -0.05) is 12.1 Å². The van der Waals surface area contributed by atoms with E-state index in [-0.39, 0.29) is 18.5 Å². The quantitative estimate of drug-likeness (QED) is 0.626. The molecule has 162 valence electrons. The van der Waals surface area contributed by atoms with Crippen molar-refractivity contribution >= 4 is 33.3 Å². The Morgan fingerprint density at radius 1 is 1.40 bits per heavy atom. The minimum absolute atomic E-state index is 0.112. The molecule has 1 N–H and O–H groups in total. The lowest BCUT2D eigenvalue weighted by molar-refractivity contribution is -0.129. The fourth-order valence-corrected chi connectivity index (χ4v) is 4.45. The number of carbonyl (C=O) groups excluding carboxylic acids is 1. The van der Waals surface area contributed by atoms with Gasteiger partial charge < -0.3 is 9.64 Å². The number of piperidine rings is 1. The summed E-state index contributed by atoms with van der Waals surface area (Å²) >= 11 is 1.59. The monoisotopic (exact) mass is 449 g/mol. The van der Waals surface area contributed by atoms with Gasteiger partial charge in [-0.25, -0.2) is 18.1 Å². The molecular formula is C21H27N3O4S2. The summed E-state index contributed by atoms with van der Waals surface area (Å²) in [5, 5.41) is 2.98. The van der Waals surface area contributed by atoms with E-state index >= 15 is 0 Å². The fraction of sp³-hybridized carbons (Fsp3) is 0.429. The van der Waals surface area contributed by atoms with Crippen LogP contribution in [-0.4, -0.2) is 49.6 Å². The molecule has 0 saturated carbocycles. The first kappa shape index (κ1) is 22.5. The van der Waals surface area contributed by atoms with E-state index in [1.807, 2.05) is 36.6 Å². The van der Waals surface area contributed by atoms with E-state index in [1.54, 1.807) is 28.4 Å². The van der Waals surface area contributed by atoms with E-state index < -0.39 is 10.0 Å². The Balaban J connectivity index is 1.60. The average molecular weight is 450 g/mol. The number of likely N-dealkylation sites (tertiary alicyclic amines) is 1. The van der Waals surface area contributed by atoms with Crippen molar-refractivity contribution in [3.8, 4) is 5.75 Å². The first-order chi connectivity index (χ1) is 14.3. The maximum Gasteiger partial charge on any atom is 0.246 e. The summed E-state index contributed by atoms with van der Waals surface area (Å²) < 4.78 is 31.1. The molecule has 1 saturated heterocycles. The van der Waals surface area contributed by atoms with Gasteiger partial charge in [-0.3, -0.25) is 4.79 Å². The molecule has 2 aromatic rings. The molecule has 1 aromatic carbocycles. The zero-order valence-electron chi connectivity index (χ0n) is 17.2. The highest BCUT2D eigenvalue weighted by Gasteiger charge is 2.25. The summed E-state index contributed by atoms with van der Waals surface area (Å²) in [7, 11) is -3.28. The number of sulfonamides is 1. The zero-order chi connectivity index (χ0) is 21.6. The standard InChI is InChI=1S/C21H27N3O4S2/c1-16-23-18(15-29-16)14-28-20-8-5-6-17(12-20)9-10-21(25)24-11-4-3-7-19(24)13-22-30(2,26)27/h5-6,8-10,12,15,19,22H,3-4,7,11,13-14H2,1-2H3/b10-9+. The van der Waals surface area contributed by atoms with E-state index in [0.29, 0.717) is 18.9 Å². The number of hydrogen-bond donors (Lipinski definition) is 1. The van der Waals surface area contributed by atoms with Crippen LogP contribution in [0.1, 0.15) is 35.5 Å². The molecule has 1 fully saturated rings. The largest absolute Gasteiger partial charge is 0.487 e. The first-order valence-electron chi connectivity index (χ1n) is 9.87. The Hall–Kier alpha value is -2.23. The van der Waals surface area contributed by atoms with E-state index in [9.17, 15) is 13.2 Å². The molecule has 30 heavy (non-hydrogen) atoms. The van der Waals surface area contributed by atoms with Crippen molar-refractivity contribution in [2.24, 2.45) is 0 Å². The van der Waals surface area contributed by atoms with Crippen molar-refractivity contribution in [3.63, 3.8) is 0 Å². The second-order valence-electron chi connectivity index (χ2n) is 7.35. The van der Waals surface area contributed by atoms with Crippen LogP contribution in [0.3, 0.4) is 0 Å². The molecule has 0 spiro atoms. The second-order valence-corrected chi connectivity index (χ2v) is 10.2. The van der Waals surface area contributed by atoms with Gasteiger partial charge in [0, 0.05) is 30.6 Å². The maximum absolute atomic E-state index is 12.7. The van der Waals surface area contributed by atoms with Gasteiger partial charge in [0.25, 0.3) is 0 Å². The van der Waals surface area contributed by atoms with Gasteiger partial charge in [-0.05, 0) is 50.0 Å². The summed E-state index contributed by atoms with van der Waals surface area (Å²) in [6.07, 6.45) is 7.14. The lowest BCUT2D eigenvalue weighted by atomic mass is 10.0. The van der Waals surface area contributed by atoms with Crippen molar-refractivity contribution in [1.29, 1.82) is 0 Å². The third kappa shape index (κ3) is 6.93. The molecule has 3 rings (SSSR count). The summed E-state index contributed by atoms with van der Waals surface area (Å²) in [5.41, 5.74) is 1.76. The number of nitrogens with one attached hydrogen (secondary N) is 1. The van der Waals surface area contributed by atoms with Gasteiger partial charge in [0.2, 0.25) is 15.9 Å². The SMILES string of the molecule is Cc1nc(COc2cccc(/C=C/C(=O)N3CCCCC3CNS(C)(=O)=O)c2)cs1. The van der Waals surface area contributed by atoms with Gasteiger partial charge >= 0.3 is 0 Å². The summed E-state index contributed by atoms with van der Waals surface area (Å²) in [4.78, 5) is 18.9. The minimum Gasteiger partial charge on any atom is -0.487 e. The minimum atomic E-state index is -3.28. The van der Waals surface area contributed by atoms with Crippen LogP contribution in [0.5, 0.6) is 5.75 Å². The fourth-order valence-electron chi connectivity index (χ4n) is 3.35. The number of thiazole rings is 1. The third-order valence-corrected chi connectivity index (χ3v) is 6.33. The molecule has 1 atom stereocenters. The van der Waals surface area contributed by atoms with Crippen molar-refractivity contribution in [1.82, 2.24) is 14.6 Å². The second kappa shape index (κ2) is 10.2. The van der Waals surface area contributed by atoms with E-state index in [0.717, 1.165) is 41.8 Å². The molecule has 9 heteroatoms. The molecule has 0 aliphatic carbocycles. The Labute approximate surface area is 181 Å². The first-order valence-corrected chi connectivity index (χ1v) is 12.6. The molecule has 7 nitrogen and oxygen atoms in total. The van der Waals surface area contributed by atoms with Gasteiger partial charge in [0.05, 0.1) is 17.0 Å². The molecule has 1 unspecified atom stereocenters. The highest BCUT2D eigenvalue weighted by Crippen LogP contribution is 2.19. The van der Waals surface area contributed by atoms with Crippen molar-refractivity contribution in [3.05, 3.63) is 52.0 Å². The molecular weight excluding hydrogens is 422 g/mol. The van der Waals surface area contributed by atoms with Crippen LogP contribution >= 0.6 is 11.3 Å². The van der Waals surface area contributed by atoms with Crippen molar-refractivity contribution in [2.45, 2.75) is 38.8 Å². The Morgan fingerprint density at radius 3 is 2.97 bits per heavy atom. The highest BCUT2D eigenvalue weighted by atomic mass is 32.2. The molecule has 2 heterocycles. The number of benzene rings is 1. The van der Waals surface area contributed by atoms with Crippen LogP contribution in [0.15, 0.2) is 35.7 Å². The van der Waals surface area contributed by atoms with Crippen LogP contribution in [-0.2, 0) is 21.4 Å². The van der Waals surface area contributed by atoms with E-state index in [2.05, 4.69) is 9.71 Å². The zero-order valence-corrected chi connectivity index (χ0v) is 18.8. The molecule has 0 bridgehead atoms. The number of aryl methyl sites for hydroxylation is 1. The molecule has 1 aromatic heterocycles. The van der Waals surface area contributed by atoms with Gasteiger partial charge in [0.1, 0.15) is 12.4 Å². The number of nitrogens with zero attached hydrogens (tertiary/aromatic N) is 2. The Bertz CT molecular complexity index is 1000. The van der Waals surface area contributed by atoms with Crippen LogP contribution in [0, 0.1) is 6.92 Å². The number of ether oxygens (including phenoxy) is 1. The van der Waals surface area contributed by atoms with Gasteiger partial charge in [0.15, 0.2) is 0 Å². The normalized spacial score (nSPS) is 17.4. The molecule has 1 aliphatic heterocycles. The Kier molecular flexibility index (Phi) is 7.63. The van der Waals surface area contributed by atoms with Crippen LogP contribution in [0.25, 0.3) is 6.08 Å². The Morgan fingerprint density at radius 2 is 2.23 bits per heavy atom. The average Bonchev–Trinajstić information content (AvgIpc) is 3.14. The highest BCUT2D eigenvalue weighted by molar-refractivity contribution is 7.88. The third-order valence-electron chi connectivity index (χ3n) is 4.82. The maximum atomic E-state index is 12.7.